The van der Waals surface area contributed by atoms with Crippen LogP contribution in [0.5, 0.6) is 0 Å². The van der Waals surface area contributed by atoms with Gasteiger partial charge in [-0.25, -0.2) is 4.98 Å². The fraction of sp³-hybridized carbons (Fsp3) is 0.429. The maximum Gasteiger partial charge on any atom is 0.194 e. The molecule has 0 saturated carbocycles. The molecule has 0 fully saturated rings. The Bertz CT molecular complexity index is 436. The molecule has 0 aromatic carbocycles. The minimum Gasteiger partial charge on any atom is -0.439 e. The van der Waals surface area contributed by atoms with Crippen molar-refractivity contribution in [2.75, 3.05) is 0 Å². The molecule has 0 unspecified atom stereocenters. The van der Waals surface area contributed by atoms with Gasteiger partial charge in [-0.15, -0.1) is 0 Å². The summed E-state index contributed by atoms with van der Waals surface area (Å²) in [5, 5.41) is 0. The van der Waals surface area contributed by atoms with Crippen LogP contribution in [0.4, 0.5) is 0 Å². The van der Waals surface area contributed by atoms with Gasteiger partial charge in [-0.2, -0.15) is 0 Å². The van der Waals surface area contributed by atoms with Gasteiger partial charge in [0.2, 0.25) is 0 Å². The van der Waals surface area contributed by atoms with Crippen LogP contribution >= 0.6 is 0 Å². The molecule has 0 atom stereocenters. The molecule has 2 rings (SSSR count). The van der Waals surface area contributed by atoms with E-state index in [1.165, 1.54) is 19.3 Å². The number of nitrogens with zero attached hydrogens (tertiary/aromatic N) is 2. The molecule has 17 heavy (non-hydrogen) atoms. The van der Waals surface area contributed by atoms with Gasteiger partial charge in [0, 0.05) is 12.6 Å². The Morgan fingerprint density at radius 2 is 2.06 bits per heavy atom. The first kappa shape index (κ1) is 11.8. The third-order valence-electron chi connectivity index (χ3n) is 2.72. The van der Waals surface area contributed by atoms with Gasteiger partial charge < -0.3 is 4.42 Å². The van der Waals surface area contributed by atoms with E-state index in [-0.39, 0.29) is 0 Å². The van der Waals surface area contributed by atoms with Crippen molar-refractivity contribution in [2.45, 2.75) is 39.0 Å². The number of hydrogen-bond donors (Lipinski definition) is 0. The van der Waals surface area contributed by atoms with Crippen LogP contribution in [0.1, 0.15) is 38.5 Å². The van der Waals surface area contributed by atoms with E-state index in [0.29, 0.717) is 0 Å². The van der Waals surface area contributed by atoms with E-state index in [2.05, 4.69) is 16.9 Å². The molecule has 2 heterocycles. The molecule has 0 aliphatic rings. The Balaban J connectivity index is 1.92. The normalized spacial score (nSPS) is 10.6. The van der Waals surface area contributed by atoms with Gasteiger partial charge in [0.15, 0.2) is 11.7 Å². The highest BCUT2D eigenvalue weighted by Crippen LogP contribution is 2.18. The highest BCUT2D eigenvalue weighted by molar-refractivity contribution is 5.49. The lowest BCUT2D eigenvalue weighted by atomic mass is 10.1. The van der Waals surface area contributed by atoms with E-state index in [9.17, 15) is 0 Å². The van der Waals surface area contributed by atoms with Crippen molar-refractivity contribution in [3.8, 4) is 11.5 Å². The number of pyridine rings is 1. The van der Waals surface area contributed by atoms with Crippen LogP contribution in [0.2, 0.25) is 0 Å². The van der Waals surface area contributed by atoms with Crippen LogP contribution in [0.15, 0.2) is 35.0 Å². The Kier molecular flexibility index (Phi) is 4.30. The van der Waals surface area contributed by atoms with E-state index in [1.54, 1.807) is 12.4 Å². The third kappa shape index (κ3) is 3.41. The molecule has 0 spiro atoms. The number of hydrogen-bond acceptors (Lipinski definition) is 3. The monoisotopic (exact) mass is 230 g/mol. The largest absolute Gasteiger partial charge is 0.439 e. The smallest absolute Gasteiger partial charge is 0.194 e. The molecule has 90 valence electrons. The molecule has 0 N–H and O–H groups in total. The minimum absolute atomic E-state index is 0.760. The number of oxazole rings is 1. The first-order valence-electron chi connectivity index (χ1n) is 6.26. The molecule has 3 nitrogen and oxygen atoms in total. The Hall–Kier alpha value is -1.64. The highest BCUT2D eigenvalue weighted by Gasteiger charge is 2.06. The maximum atomic E-state index is 5.68. The van der Waals surface area contributed by atoms with Crippen molar-refractivity contribution in [3.63, 3.8) is 0 Å². The number of aromatic nitrogens is 2. The molecule has 0 aliphatic heterocycles. The van der Waals surface area contributed by atoms with Gasteiger partial charge in [-0.05, 0) is 18.6 Å². The van der Waals surface area contributed by atoms with E-state index >= 15 is 0 Å². The van der Waals surface area contributed by atoms with Gasteiger partial charge in [-0.1, -0.05) is 32.3 Å². The topological polar surface area (TPSA) is 38.9 Å². The van der Waals surface area contributed by atoms with Crippen molar-refractivity contribution in [1.29, 1.82) is 0 Å². The molecular weight excluding hydrogens is 212 g/mol. The van der Waals surface area contributed by atoms with Crippen LogP contribution in [-0.2, 0) is 6.42 Å². The fourth-order valence-electron chi connectivity index (χ4n) is 1.76. The second kappa shape index (κ2) is 6.18. The standard InChI is InChI=1S/C14H18N2O/c1-2-3-4-5-9-14-16-11-13(17-14)12-8-6-7-10-15-12/h6-8,10-11H,2-5,9H2,1H3. The lowest BCUT2D eigenvalue weighted by Gasteiger charge is -1.96. The predicted molar refractivity (Wildman–Crippen MR) is 67.6 cm³/mol. The van der Waals surface area contributed by atoms with E-state index in [0.717, 1.165) is 30.2 Å². The molecular formula is C14H18N2O. The first-order valence-corrected chi connectivity index (χ1v) is 6.26. The van der Waals surface area contributed by atoms with Crippen molar-refractivity contribution in [3.05, 3.63) is 36.5 Å². The van der Waals surface area contributed by atoms with Crippen molar-refractivity contribution >= 4 is 0 Å². The summed E-state index contributed by atoms with van der Waals surface area (Å²) in [6.45, 7) is 2.21. The third-order valence-corrected chi connectivity index (χ3v) is 2.72. The Labute approximate surface area is 102 Å². The summed E-state index contributed by atoms with van der Waals surface area (Å²) in [6.07, 6.45) is 9.38. The average molecular weight is 230 g/mol. The zero-order valence-electron chi connectivity index (χ0n) is 10.2. The van der Waals surface area contributed by atoms with Crippen LogP contribution < -0.4 is 0 Å². The molecule has 0 aliphatic carbocycles. The molecule has 0 bridgehead atoms. The number of aryl methyl sites for hydroxylation is 1. The summed E-state index contributed by atoms with van der Waals surface area (Å²) in [5.74, 6) is 1.58. The van der Waals surface area contributed by atoms with Gasteiger partial charge in [0.25, 0.3) is 0 Å². The van der Waals surface area contributed by atoms with Gasteiger partial charge in [0.1, 0.15) is 5.69 Å². The lowest BCUT2D eigenvalue weighted by molar-refractivity contribution is 0.489. The highest BCUT2D eigenvalue weighted by atomic mass is 16.4. The molecule has 0 saturated heterocycles. The summed E-state index contributed by atoms with van der Waals surface area (Å²) in [7, 11) is 0. The summed E-state index contributed by atoms with van der Waals surface area (Å²) >= 11 is 0. The van der Waals surface area contributed by atoms with Crippen LogP contribution in [0.3, 0.4) is 0 Å². The molecule has 2 aromatic rings. The zero-order chi connectivity index (χ0) is 11.9. The van der Waals surface area contributed by atoms with Gasteiger partial charge >= 0.3 is 0 Å². The summed E-state index contributed by atoms with van der Waals surface area (Å²) in [6, 6.07) is 5.78. The van der Waals surface area contributed by atoms with Crippen molar-refractivity contribution in [1.82, 2.24) is 9.97 Å². The minimum atomic E-state index is 0.760. The number of rotatable bonds is 6. The first-order chi connectivity index (χ1) is 8.40. The summed E-state index contributed by atoms with van der Waals surface area (Å²) in [5.41, 5.74) is 0.847. The number of unbranched alkanes of at least 4 members (excludes halogenated alkanes) is 3. The Morgan fingerprint density at radius 1 is 1.12 bits per heavy atom. The van der Waals surface area contributed by atoms with Gasteiger partial charge in [-0.3, -0.25) is 4.98 Å². The van der Waals surface area contributed by atoms with E-state index in [1.807, 2.05) is 18.2 Å². The molecule has 0 radical (unpaired) electrons. The average Bonchev–Trinajstić information content (AvgIpc) is 2.85. The van der Waals surface area contributed by atoms with Crippen LogP contribution in [-0.4, -0.2) is 9.97 Å². The van der Waals surface area contributed by atoms with Gasteiger partial charge in [0.05, 0.1) is 6.20 Å². The second-order valence-corrected chi connectivity index (χ2v) is 4.14. The summed E-state index contributed by atoms with van der Waals surface area (Å²) < 4.78 is 5.68. The molecule has 2 aromatic heterocycles. The maximum absolute atomic E-state index is 5.68. The van der Waals surface area contributed by atoms with Crippen LogP contribution in [0, 0.1) is 0 Å². The van der Waals surface area contributed by atoms with E-state index < -0.39 is 0 Å². The Morgan fingerprint density at radius 3 is 2.82 bits per heavy atom. The fourth-order valence-corrected chi connectivity index (χ4v) is 1.76. The summed E-state index contributed by atoms with van der Waals surface area (Å²) in [4.78, 5) is 8.52. The van der Waals surface area contributed by atoms with Crippen LogP contribution in [0.25, 0.3) is 11.5 Å². The second-order valence-electron chi connectivity index (χ2n) is 4.14. The predicted octanol–water partition coefficient (Wildman–Crippen LogP) is 3.86. The zero-order valence-corrected chi connectivity index (χ0v) is 10.2. The quantitative estimate of drug-likeness (QED) is 0.707. The molecule has 0 amide bonds. The molecule has 3 heteroatoms. The van der Waals surface area contributed by atoms with E-state index in [4.69, 9.17) is 4.42 Å². The lowest BCUT2D eigenvalue weighted by Crippen LogP contribution is -1.84. The van der Waals surface area contributed by atoms with Crippen molar-refractivity contribution in [2.24, 2.45) is 0 Å². The van der Waals surface area contributed by atoms with Crippen molar-refractivity contribution < 1.29 is 4.42 Å². The SMILES string of the molecule is CCCCCCc1ncc(-c2ccccn2)o1.